The third kappa shape index (κ3) is 3.53. The van der Waals surface area contributed by atoms with Crippen LogP contribution in [0.15, 0.2) is 54.6 Å². The van der Waals surface area contributed by atoms with Crippen LogP contribution in [0.25, 0.3) is 0 Å². The van der Waals surface area contributed by atoms with Gasteiger partial charge in [0.15, 0.2) is 0 Å². The fourth-order valence-electron chi connectivity index (χ4n) is 5.35. The first kappa shape index (κ1) is 17.6. The molecule has 138 valence electrons. The minimum atomic E-state index is 0.371. The summed E-state index contributed by atoms with van der Waals surface area (Å²) >= 11 is 0. The van der Waals surface area contributed by atoms with Crippen LogP contribution in [-0.2, 0) is 11.8 Å². The smallest absolute Gasteiger partial charge is 0.119 e. The Morgan fingerprint density at radius 1 is 1.04 bits per heavy atom. The van der Waals surface area contributed by atoms with Gasteiger partial charge >= 0.3 is 0 Å². The van der Waals surface area contributed by atoms with E-state index in [4.69, 9.17) is 4.74 Å². The van der Waals surface area contributed by atoms with Gasteiger partial charge in [-0.05, 0) is 73.2 Å². The summed E-state index contributed by atoms with van der Waals surface area (Å²) in [6.07, 6.45) is 7.89. The first-order valence-corrected chi connectivity index (χ1v) is 10.2. The first-order valence-electron chi connectivity index (χ1n) is 10.2. The van der Waals surface area contributed by atoms with Crippen molar-refractivity contribution in [3.05, 3.63) is 65.7 Å². The number of hydrogen-bond acceptors (Lipinski definition) is 2. The van der Waals surface area contributed by atoms with Crippen LogP contribution in [0, 0.1) is 5.92 Å². The fourth-order valence-corrected chi connectivity index (χ4v) is 5.35. The molecule has 2 heteroatoms. The van der Waals surface area contributed by atoms with Gasteiger partial charge in [-0.15, -0.1) is 0 Å². The van der Waals surface area contributed by atoms with Gasteiger partial charge in [-0.3, -0.25) is 0 Å². The van der Waals surface area contributed by atoms with Gasteiger partial charge in [-0.25, -0.2) is 0 Å². The standard InChI is InChI=1S/C24H31NO/c1-26-23-12-5-10-21(18-23)24-14-6-11-22(24)19-25(16-7-15-24)17-13-20-8-3-2-4-9-20/h2-5,8-10,12,18,22H,6-7,11,13-17,19H2,1H3. The second kappa shape index (κ2) is 7.84. The van der Waals surface area contributed by atoms with Crippen LogP contribution in [0.4, 0.5) is 0 Å². The molecular formula is C24H31NO. The van der Waals surface area contributed by atoms with E-state index in [9.17, 15) is 0 Å². The predicted molar refractivity (Wildman–Crippen MR) is 108 cm³/mol. The lowest BCUT2D eigenvalue weighted by Crippen LogP contribution is -2.36. The molecule has 0 radical (unpaired) electrons. The molecule has 2 nitrogen and oxygen atoms in total. The molecule has 0 spiro atoms. The first-order chi connectivity index (χ1) is 12.8. The highest BCUT2D eigenvalue weighted by Crippen LogP contribution is 2.50. The Hall–Kier alpha value is -1.80. The summed E-state index contributed by atoms with van der Waals surface area (Å²) in [5.74, 6) is 1.79. The number of hydrogen-bond donors (Lipinski definition) is 0. The molecule has 2 fully saturated rings. The Balaban J connectivity index is 1.49. The second-order valence-corrected chi connectivity index (χ2v) is 8.12. The second-order valence-electron chi connectivity index (χ2n) is 8.12. The largest absolute Gasteiger partial charge is 0.497 e. The van der Waals surface area contributed by atoms with Crippen molar-refractivity contribution in [1.29, 1.82) is 0 Å². The van der Waals surface area contributed by atoms with Crippen molar-refractivity contribution in [2.24, 2.45) is 5.92 Å². The zero-order chi connectivity index (χ0) is 17.8. The van der Waals surface area contributed by atoms with Gasteiger partial charge < -0.3 is 9.64 Å². The van der Waals surface area contributed by atoms with E-state index in [1.165, 1.54) is 69.3 Å². The van der Waals surface area contributed by atoms with Crippen LogP contribution in [0.3, 0.4) is 0 Å². The number of benzene rings is 2. The number of likely N-dealkylation sites (tertiary alicyclic amines) is 1. The maximum absolute atomic E-state index is 5.52. The Kier molecular flexibility index (Phi) is 5.31. The zero-order valence-corrected chi connectivity index (χ0v) is 16.0. The summed E-state index contributed by atoms with van der Waals surface area (Å²) in [5, 5.41) is 0. The molecule has 1 aliphatic carbocycles. The van der Waals surface area contributed by atoms with E-state index in [1.807, 2.05) is 0 Å². The Morgan fingerprint density at radius 3 is 2.73 bits per heavy atom. The average molecular weight is 350 g/mol. The molecule has 0 aromatic heterocycles. The Labute approximate surface area is 158 Å². The number of nitrogens with zero attached hydrogens (tertiary/aromatic N) is 1. The number of methoxy groups -OCH3 is 1. The zero-order valence-electron chi connectivity index (χ0n) is 16.0. The van der Waals surface area contributed by atoms with E-state index in [1.54, 1.807) is 7.11 Å². The molecule has 2 aliphatic rings. The van der Waals surface area contributed by atoms with Gasteiger partial charge in [0.05, 0.1) is 7.11 Å². The molecule has 4 rings (SSSR count). The number of ether oxygens (including phenoxy) is 1. The normalized spacial score (nSPS) is 26.3. The summed E-state index contributed by atoms with van der Waals surface area (Å²) in [6, 6.07) is 19.8. The maximum Gasteiger partial charge on any atom is 0.119 e. The molecule has 0 amide bonds. The predicted octanol–water partition coefficient (Wildman–Crippen LogP) is 5.07. The SMILES string of the molecule is COc1cccc(C23CCCC2CN(CCc2ccccc2)CCC3)c1. The fraction of sp³-hybridized carbons (Fsp3) is 0.500. The lowest BCUT2D eigenvalue weighted by molar-refractivity contribution is 0.223. The van der Waals surface area contributed by atoms with E-state index in [2.05, 4.69) is 59.5 Å². The highest BCUT2D eigenvalue weighted by atomic mass is 16.5. The molecule has 2 aromatic carbocycles. The van der Waals surface area contributed by atoms with Crippen LogP contribution in [0.5, 0.6) is 5.75 Å². The number of rotatable bonds is 5. The molecule has 0 N–H and O–H groups in total. The third-order valence-electron chi connectivity index (χ3n) is 6.74. The van der Waals surface area contributed by atoms with Crippen LogP contribution < -0.4 is 4.74 Å². The van der Waals surface area contributed by atoms with Gasteiger partial charge in [0, 0.05) is 13.1 Å². The molecule has 0 bridgehead atoms. The van der Waals surface area contributed by atoms with Crippen molar-refractivity contribution < 1.29 is 4.74 Å². The summed E-state index contributed by atoms with van der Waals surface area (Å²) in [7, 11) is 1.78. The third-order valence-corrected chi connectivity index (χ3v) is 6.74. The highest BCUT2D eigenvalue weighted by molar-refractivity contribution is 5.36. The highest BCUT2D eigenvalue weighted by Gasteiger charge is 2.45. The summed E-state index contributed by atoms with van der Waals surface area (Å²) in [5.41, 5.74) is 3.35. The van der Waals surface area contributed by atoms with E-state index < -0.39 is 0 Å². The van der Waals surface area contributed by atoms with E-state index in [-0.39, 0.29) is 0 Å². The monoisotopic (exact) mass is 349 g/mol. The topological polar surface area (TPSA) is 12.5 Å². The van der Waals surface area contributed by atoms with Crippen LogP contribution in [0.1, 0.15) is 43.2 Å². The molecule has 2 atom stereocenters. The van der Waals surface area contributed by atoms with Crippen molar-refractivity contribution in [3.63, 3.8) is 0 Å². The van der Waals surface area contributed by atoms with Crippen LogP contribution in [-0.4, -0.2) is 31.6 Å². The van der Waals surface area contributed by atoms with Crippen molar-refractivity contribution in [2.75, 3.05) is 26.7 Å². The van der Waals surface area contributed by atoms with Crippen molar-refractivity contribution >= 4 is 0 Å². The Bertz CT molecular complexity index is 713. The minimum Gasteiger partial charge on any atom is -0.497 e. The van der Waals surface area contributed by atoms with Crippen LogP contribution in [0.2, 0.25) is 0 Å². The molecular weight excluding hydrogens is 318 g/mol. The summed E-state index contributed by atoms with van der Waals surface area (Å²) in [4.78, 5) is 2.73. The molecule has 1 saturated heterocycles. The molecule has 26 heavy (non-hydrogen) atoms. The van der Waals surface area contributed by atoms with Gasteiger partial charge in [0.25, 0.3) is 0 Å². The van der Waals surface area contributed by atoms with Crippen molar-refractivity contribution in [2.45, 2.75) is 43.9 Å². The quantitative estimate of drug-likeness (QED) is 0.747. The van der Waals surface area contributed by atoms with Gasteiger partial charge in [0.1, 0.15) is 5.75 Å². The summed E-state index contributed by atoms with van der Waals surface area (Å²) < 4.78 is 5.52. The van der Waals surface area contributed by atoms with Gasteiger partial charge in [0.2, 0.25) is 0 Å². The minimum absolute atomic E-state index is 0.371. The average Bonchev–Trinajstić information content (AvgIpc) is 3.01. The van der Waals surface area contributed by atoms with Crippen molar-refractivity contribution in [1.82, 2.24) is 4.90 Å². The van der Waals surface area contributed by atoms with Crippen LogP contribution >= 0.6 is 0 Å². The van der Waals surface area contributed by atoms with Crippen molar-refractivity contribution in [3.8, 4) is 5.75 Å². The molecule has 1 saturated carbocycles. The Morgan fingerprint density at radius 2 is 1.88 bits per heavy atom. The lowest BCUT2D eigenvalue weighted by atomic mass is 9.69. The van der Waals surface area contributed by atoms with Gasteiger partial charge in [-0.2, -0.15) is 0 Å². The molecule has 1 aliphatic heterocycles. The van der Waals surface area contributed by atoms with E-state index in [0.29, 0.717) is 5.41 Å². The van der Waals surface area contributed by atoms with E-state index >= 15 is 0 Å². The summed E-state index contributed by atoms with van der Waals surface area (Å²) in [6.45, 7) is 3.69. The van der Waals surface area contributed by atoms with Gasteiger partial charge in [-0.1, -0.05) is 48.9 Å². The molecule has 1 heterocycles. The lowest BCUT2D eigenvalue weighted by Gasteiger charge is -2.36. The maximum atomic E-state index is 5.52. The molecule has 2 aromatic rings. The molecule has 2 unspecified atom stereocenters. The van der Waals surface area contributed by atoms with E-state index in [0.717, 1.165) is 11.7 Å². The number of fused-ring (bicyclic) bond motifs is 1.